The number of hydrogen-bond donors (Lipinski definition) is 6. The van der Waals surface area contributed by atoms with Crippen molar-refractivity contribution in [3.63, 3.8) is 0 Å². The molecule has 12 heteroatoms. The van der Waals surface area contributed by atoms with E-state index in [1.54, 1.807) is 0 Å². The standard InChI is InChI=1S/C64H77N8O4/c73-45-13-5-1-9-33-69-37-25-49(26-38-69)61-53-17-19-55(65-53)62(50-27-39-70(40-28-50)34-10-2-6-14-46-74)57-21-23-59(67-57)64(52-31-43-72(44-32-52)36-12-4-8-16-48-76)60-24-22-58(68-60)63(56-20-18-54(61)66-56)51-29-41-71(42-30-51)35-11-3-7-15-47-75/h17-32,37-44,73-76H,1-16,33-36,45-48H2,(H,65,66,67,68)/q+3/p+1. The number of aryl methyl sites for hydroxylation is 4. The first kappa shape index (κ1) is 53.9. The number of aromatic nitrogens is 8. The van der Waals surface area contributed by atoms with Crippen molar-refractivity contribution in [2.75, 3.05) is 26.4 Å². The van der Waals surface area contributed by atoms with E-state index in [0.29, 0.717) is 0 Å². The van der Waals surface area contributed by atoms with Crippen LogP contribution in [-0.2, 0) is 26.2 Å². The SMILES string of the molecule is OCCCCCC[n+]1ccc(-c2c3nc(c(-c4cc[n+](CCCCCCO)cc4)c4ccc([nH]4)c(-c4cc[n+](CCCCCCO)cc4)c4nc(c(-c5cc[n+](CCCCCCO)cc5)c5ccc2[nH]5)C=C4)C=C3)cc1. The van der Waals surface area contributed by atoms with Gasteiger partial charge in [0.1, 0.15) is 26.2 Å². The van der Waals surface area contributed by atoms with Crippen molar-refractivity contribution in [3.8, 4) is 44.5 Å². The molecule has 394 valence electrons. The lowest BCUT2D eigenvalue weighted by Crippen LogP contribution is -2.32. The largest absolute Gasteiger partial charge is 0.396 e. The molecular weight excluding hydrogens is 945 g/mol. The summed E-state index contributed by atoms with van der Waals surface area (Å²) in [6, 6.07) is 26.4. The molecule has 0 aliphatic carbocycles. The van der Waals surface area contributed by atoms with E-state index in [4.69, 9.17) is 9.97 Å². The molecule has 12 nitrogen and oxygen atoms in total. The number of rotatable bonds is 28. The molecule has 6 N–H and O–H groups in total. The van der Waals surface area contributed by atoms with Crippen LogP contribution in [0.3, 0.4) is 0 Å². The van der Waals surface area contributed by atoms with Gasteiger partial charge in [-0.2, -0.15) is 0 Å². The number of H-pyrrole nitrogens is 2. The molecular formula is C64H78N8O4+4. The van der Waals surface area contributed by atoms with Crippen LogP contribution in [0.5, 0.6) is 0 Å². The van der Waals surface area contributed by atoms with Gasteiger partial charge in [0, 0.05) is 145 Å². The van der Waals surface area contributed by atoms with Crippen LogP contribution < -0.4 is 18.3 Å². The van der Waals surface area contributed by atoms with Crippen molar-refractivity contribution < 1.29 is 38.7 Å². The number of aliphatic hydroxyl groups is 4. The number of nitrogens with zero attached hydrogens (tertiary/aromatic N) is 6. The van der Waals surface area contributed by atoms with Gasteiger partial charge in [0.2, 0.25) is 0 Å². The molecule has 2 aliphatic rings. The third-order valence-electron chi connectivity index (χ3n) is 14.8. The summed E-state index contributed by atoms with van der Waals surface area (Å²) in [7, 11) is 0. The minimum atomic E-state index is 0.243. The Hall–Kier alpha value is -6.96. The van der Waals surface area contributed by atoms with Gasteiger partial charge in [-0.3, -0.25) is 0 Å². The molecule has 9 rings (SSSR count). The zero-order valence-electron chi connectivity index (χ0n) is 44.3. The molecule has 0 radical (unpaired) electrons. The monoisotopic (exact) mass is 1020 g/mol. The topological polar surface area (TPSA) is 154 Å². The molecule has 2 aliphatic heterocycles. The van der Waals surface area contributed by atoms with Gasteiger partial charge < -0.3 is 30.4 Å². The van der Waals surface area contributed by atoms with E-state index in [0.717, 1.165) is 218 Å². The molecule has 7 aromatic heterocycles. The molecule has 0 saturated heterocycles. The lowest BCUT2D eigenvalue weighted by Gasteiger charge is -2.07. The number of fused-ring (bicyclic) bond motifs is 8. The second-order valence-electron chi connectivity index (χ2n) is 20.4. The number of pyridine rings is 4. The van der Waals surface area contributed by atoms with E-state index in [9.17, 15) is 20.4 Å². The van der Waals surface area contributed by atoms with E-state index in [1.165, 1.54) is 0 Å². The van der Waals surface area contributed by atoms with Crippen LogP contribution in [0.1, 0.15) is 126 Å². The fourth-order valence-electron chi connectivity index (χ4n) is 10.6. The van der Waals surface area contributed by atoms with Crippen molar-refractivity contribution in [2.24, 2.45) is 0 Å². The van der Waals surface area contributed by atoms with Crippen molar-refractivity contribution in [1.82, 2.24) is 19.9 Å². The van der Waals surface area contributed by atoms with Gasteiger partial charge in [0.15, 0.2) is 49.6 Å². The Morgan fingerprint density at radius 2 is 0.487 bits per heavy atom. The predicted octanol–water partition coefficient (Wildman–Crippen LogP) is 10.7. The first-order valence-electron chi connectivity index (χ1n) is 28.1. The maximum absolute atomic E-state index is 9.30. The highest BCUT2D eigenvalue weighted by Gasteiger charge is 2.21. The van der Waals surface area contributed by atoms with Crippen molar-refractivity contribution in [3.05, 3.63) is 145 Å². The van der Waals surface area contributed by atoms with Gasteiger partial charge >= 0.3 is 0 Å². The lowest BCUT2D eigenvalue weighted by atomic mass is 10.0. The normalized spacial score (nSPS) is 12.1. The number of aliphatic hydroxyl groups excluding tert-OH is 4. The number of nitrogens with one attached hydrogen (secondary N) is 2. The first-order chi connectivity index (χ1) is 37.5. The summed E-state index contributed by atoms with van der Waals surface area (Å²) in [5.74, 6) is 0. The fraction of sp³-hybridized carbons (Fsp3) is 0.375. The van der Waals surface area contributed by atoms with Crippen molar-refractivity contribution >= 4 is 46.4 Å². The summed E-state index contributed by atoms with van der Waals surface area (Å²) in [6.45, 7) is 4.61. The molecule has 9 heterocycles. The maximum Gasteiger partial charge on any atom is 0.169 e. The van der Waals surface area contributed by atoms with E-state index >= 15 is 0 Å². The Kier molecular flexibility index (Phi) is 19.6. The van der Waals surface area contributed by atoms with Gasteiger partial charge in [-0.1, -0.05) is 25.7 Å². The summed E-state index contributed by atoms with van der Waals surface area (Å²) in [6.07, 6.45) is 42.0. The molecule has 0 atom stereocenters. The third-order valence-corrected chi connectivity index (χ3v) is 14.8. The van der Waals surface area contributed by atoms with E-state index in [1.807, 2.05) is 0 Å². The van der Waals surface area contributed by atoms with Gasteiger partial charge in [0.25, 0.3) is 0 Å². The van der Waals surface area contributed by atoms with E-state index in [2.05, 4.69) is 175 Å². The summed E-state index contributed by atoms with van der Waals surface area (Å²) < 4.78 is 8.99. The van der Waals surface area contributed by atoms with Crippen molar-refractivity contribution in [2.45, 2.75) is 129 Å². The van der Waals surface area contributed by atoms with Crippen LogP contribution in [0.4, 0.5) is 0 Å². The maximum atomic E-state index is 9.30. The van der Waals surface area contributed by atoms with Crippen molar-refractivity contribution in [1.29, 1.82) is 0 Å². The second-order valence-corrected chi connectivity index (χ2v) is 20.4. The average Bonchev–Trinajstić information content (AvgIpc) is 4.32. The second kappa shape index (κ2) is 27.7. The van der Waals surface area contributed by atoms with Crippen LogP contribution in [-0.4, -0.2) is 66.8 Å². The molecule has 8 bridgehead atoms. The summed E-state index contributed by atoms with van der Waals surface area (Å²) >= 11 is 0. The van der Waals surface area contributed by atoms with Gasteiger partial charge in [-0.25, -0.2) is 28.2 Å². The lowest BCUT2D eigenvalue weighted by molar-refractivity contribution is -0.697. The zero-order valence-corrected chi connectivity index (χ0v) is 44.3. The Morgan fingerprint density at radius 1 is 0.276 bits per heavy atom. The highest BCUT2D eigenvalue weighted by molar-refractivity contribution is 5.99. The Bertz CT molecular complexity index is 2780. The summed E-state index contributed by atoms with van der Waals surface area (Å²) in [5.41, 5.74) is 15.5. The van der Waals surface area contributed by atoms with Crippen LogP contribution in [0, 0.1) is 0 Å². The third kappa shape index (κ3) is 13.9. The quantitative estimate of drug-likeness (QED) is 0.0212. The van der Waals surface area contributed by atoms with Crippen LogP contribution >= 0.6 is 0 Å². The van der Waals surface area contributed by atoms with Gasteiger partial charge in [0.05, 0.1) is 22.8 Å². The Labute approximate surface area is 448 Å². The smallest absolute Gasteiger partial charge is 0.169 e. The van der Waals surface area contributed by atoms with Crippen LogP contribution in [0.15, 0.2) is 122 Å². The molecule has 0 saturated carbocycles. The number of hydrogen-bond acceptors (Lipinski definition) is 6. The first-order valence-corrected chi connectivity index (χ1v) is 28.1. The Balaban J connectivity index is 1.23. The van der Waals surface area contributed by atoms with Crippen LogP contribution in [0.2, 0.25) is 0 Å². The molecule has 0 fully saturated rings. The minimum Gasteiger partial charge on any atom is -0.396 e. The highest BCUT2D eigenvalue weighted by atomic mass is 16.3. The number of aromatic amines is 2. The van der Waals surface area contributed by atoms with Gasteiger partial charge in [-0.05, 0) is 122 Å². The zero-order chi connectivity index (χ0) is 52.3. The average molecular weight is 1020 g/mol. The molecule has 0 aromatic carbocycles. The minimum absolute atomic E-state index is 0.243. The molecule has 0 unspecified atom stereocenters. The molecule has 0 amide bonds. The Morgan fingerprint density at radius 3 is 0.697 bits per heavy atom. The summed E-state index contributed by atoms with van der Waals surface area (Å²) in [4.78, 5) is 19.0. The van der Waals surface area contributed by atoms with E-state index in [-0.39, 0.29) is 26.4 Å². The fourth-order valence-corrected chi connectivity index (χ4v) is 10.6. The number of unbranched alkanes of at least 4 members (excludes halogenated alkanes) is 12. The molecule has 0 spiro atoms. The van der Waals surface area contributed by atoms with E-state index < -0.39 is 0 Å². The molecule has 7 aromatic rings. The molecule has 76 heavy (non-hydrogen) atoms. The van der Waals surface area contributed by atoms with Gasteiger partial charge in [-0.15, -0.1) is 0 Å². The highest BCUT2D eigenvalue weighted by Crippen LogP contribution is 2.38. The van der Waals surface area contributed by atoms with Crippen LogP contribution in [0.25, 0.3) is 90.9 Å². The predicted molar refractivity (Wildman–Crippen MR) is 304 cm³/mol. The summed E-state index contributed by atoms with van der Waals surface area (Å²) in [5, 5.41) is 37.2.